The van der Waals surface area contributed by atoms with Crippen LogP contribution in [0.5, 0.6) is 17.2 Å². The first-order valence-electron chi connectivity index (χ1n) is 10.7. The van der Waals surface area contributed by atoms with Crippen LogP contribution in [0.2, 0.25) is 10.0 Å². The molecule has 8 nitrogen and oxygen atoms in total. The number of aliphatic hydroxyl groups excluding tert-OH is 1. The van der Waals surface area contributed by atoms with Crippen LogP contribution < -0.4 is 19.5 Å². The molecule has 2 aromatic carbocycles. The van der Waals surface area contributed by atoms with Gasteiger partial charge in [-0.1, -0.05) is 23.2 Å². The van der Waals surface area contributed by atoms with Gasteiger partial charge in [0.2, 0.25) is 0 Å². The van der Waals surface area contributed by atoms with E-state index in [9.17, 15) is 9.90 Å². The Morgan fingerprint density at radius 2 is 2.03 bits per heavy atom. The van der Waals surface area contributed by atoms with Gasteiger partial charge >= 0.3 is 0 Å². The number of aliphatic hydroxyl groups is 1. The van der Waals surface area contributed by atoms with E-state index in [1.54, 1.807) is 47.2 Å². The van der Waals surface area contributed by atoms with Crippen molar-refractivity contribution in [2.45, 2.75) is 12.2 Å². The van der Waals surface area contributed by atoms with Crippen molar-refractivity contribution in [3.05, 3.63) is 52.0 Å². The van der Waals surface area contributed by atoms with Gasteiger partial charge in [0.1, 0.15) is 42.7 Å². The fourth-order valence-corrected chi connectivity index (χ4v) is 3.81. The van der Waals surface area contributed by atoms with Gasteiger partial charge in [-0.15, -0.1) is 0 Å². The third-order valence-electron chi connectivity index (χ3n) is 4.86. The van der Waals surface area contributed by atoms with Crippen LogP contribution in [0.1, 0.15) is 10.4 Å². The second-order valence-electron chi connectivity index (χ2n) is 7.50. The summed E-state index contributed by atoms with van der Waals surface area (Å²) in [6.45, 7) is 1.47. The van der Waals surface area contributed by atoms with Gasteiger partial charge in [0.25, 0.3) is 5.91 Å². The largest absolute Gasteiger partial charge is 0.491 e. The number of amides is 1. The second-order valence-corrected chi connectivity index (χ2v) is 9.33. The number of hydroxylamine groups is 2. The standard InChI is InChI=1S/C23H28Cl2N2O6S/c1-26-23(29)19-9-20(25)22(30-7-8-34-2)10-21(19)31-13-16(28)11-27-12-18(14-32-27)33-17-5-3-15(24)4-6-17/h3-6,9-10,16,18,28H,7-8,11-14H2,1-2H3,(H,26,29)/t16-,18+/m0/s1. The van der Waals surface area contributed by atoms with Gasteiger partial charge in [-0.3, -0.25) is 9.63 Å². The summed E-state index contributed by atoms with van der Waals surface area (Å²) in [5.74, 6) is 1.82. The molecule has 34 heavy (non-hydrogen) atoms. The molecule has 3 rings (SSSR count). The van der Waals surface area contributed by atoms with E-state index in [1.807, 2.05) is 6.26 Å². The molecular weight excluding hydrogens is 503 g/mol. The van der Waals surface area contributed by atoms with Gasteiger partial charge in [-0.25, -0.2) is 0 Å². The molecule has 1 heterocycles. The number of ether oxygens (including phenoxy) is 3. The van der Waals surface area contributed by atoms with Crippen molar-refractivity contribution >= 4 is 40.9 Å². The van der Waals surface area contributed by atoms with Gasteiger partial charge in [0.05, 0.1) is 30.3 Å². The number of hydrogen-bond acceptors (Lipinski definition) is 8. The summed E-state index contributed by atoms with van der Waals surface area (Å²) in [4.78, 5) is 17.9. The highest BCUT2D eigenvalue weighted by molar-refractivity contribution is 7.98. The highest BCUT2D eigenvalue weighted by Crippen LogP contribution is 2.33. The van der Waals surface area contributed by atoms with Crippen LogP contribution in [0.25, 0.3) is 0 Å². The van der Waals surface area contributed by atoms with E-state index in [0.717, 1.165) is 5.75 Å². The van der Waals surface area contributed by atoms with Crippen molar-refractivity contribution in [1.82, 2.24) is 10.4 Å². The van der Waals surface area contributed by atoms with Crippen molar-refractivity contribution in [3.8, 4) is 17.2 Å². The second kappa shape index (κ2) is 13.3. The molecule has 0 saturated carbocycles. The van der Waals surface area contributed by atoms with Crippen molar-refractivity contribution in [2.24, 2.45) is 0 Å². The lowest BCUT2D eigenvalue weighted by Crippen LogP contribution is -2.35. The predicted octanol–water partition coefficient (Wildman–Crippen LogP) is 3.53. The average molecular weight is 531 g/mol. The molecule has 1 amide bonds. The first-order chi connectivity index (χ1) is 16.4. The van der Waals surface area contributed by atoms with Crippen LogP contribution in [0.4, 0.5) is 0 Å². The van der Waals surface area contributed by atoms with E-state index in [-0.39, 0.29) is 36.5 Å². The molecule has 0 spiro atoms. The molecule has 1 aliphatic rings. The number of carbonyl (C=O) groups excluding carboxylic acids is 1. The zero-order valence-electron chi connectivity index (χ0n) is 19.0. The third-order valence-corrected chi connectivity index (χ3v) is 5.99. The van der Waals surface area contributed by atoms with Gasteiger partial charge in [0, 0.05) is 23.9 Å². The van der Waals surface area contributed by atoms with Crippen LogP contribution in [-0.4, -0.2) is 80.3 Å². The van der Waals surface area contributed by atoms with E-state index >= 15 is 0 Å². The molecule has 0 aromatic heterocycles. The van der Waals surface area contributed by atoms with E-state index in [2.05, 4.69) is 5.32 Å². The predicted molar refractivity (Wildman–Crippen MR) is 134 cm³/mol. The number of benzene rings is 2. The Morgan fingerprint density at radius 3 is 2.74 bits per heavy atom. The minimum atomic E-state index is -0.872. The Morgan fingerprint density at radius 1 is 1.26 bits per heavy atom. The lowest BCUT2D eigenvalue weighted by molar-refractivity contribution is -0.131. The molecule has 0 bridgehead atoms. The zero-order chi connectivity index (χ0) is 24.5. The molecule has 2 N–H and O–H groups in total. The highest BCUT2D eigenvalue weighted by atomic mass is 35.5. The SMILES string of the molecule is CNC(=O)c1cc(Cl)c(OCCSC)cc1OC[C@@H](O)CN1C[C@@H](Oc2ccc(Cl)cc2)CO1. The Balaban J connectivity index is 1.54. The summed E-state index contributed by atoms with van der Waals surface area (Å²) in [6.07, 6.45) is 0.931. The Labute approximate surface area is 213 Å². The maximum atomic E-state index is 12.3. The quantitative estimate of drug-likeness (QED) is 0.403. The van der Waals surface area contributed by atoms with Crippen LogP contribution in [0, 0.1) is 0 Å². The molecule has 1 aliphatic heterocycles. The highest BCUT2D eigenvalue weighted by Gasteiger charge is 2.27. The Hall–Kier alpha value is -1.88. The molecule has 0 unspecified atom stereocenters. The molecule has 2 aromatic rings. The zero-order valence-corrected chi connectivity index (χ0v) is 21.3. The van der Waals surface area contributed by atoms with Crippen molar-refractivity contribution < 1.29 is 28.9 Å². The molecule has 186 valence electrons. The molecule has 11 heteroatoms. The molecule has 0 radical (unpaired) electrons. The lowest BCUT2D eigenvalue weighted by atomic mass is 10.1. The number of thioether (sulfide) groups is 1. The smallest absolute Gasteiger partial charge is 0.254 e. The van der Waals surface area contributed by atoms with Crippen LogP contribution in [0.3, 0.4) is 0 Å². The number of halogens is 2. The number of rotatable bonds is 12. The summed E-state index contributed by atoms with van der Waals surface area (Å²) in [6, 6.07) is 10.2. The van der Waals surface area contributed by atoms with E-state index in [0.29, 0.717) is 41.3 Å². The first-order valence-corrected chi connectivity index (χ1v) is 12.8. The van der Waals surface area contributed by atoms with Crippen molar-refractivity contribution in [2.75, 3.05) is 52.0 Å². The average Bonchev–Trinajstić information content (AvgIpc) is 3.26. The molecule has 1 fully saturated rings. The number of nitrogens with zero attached hydrogens (tertiary/aromatic N) is 1. The monoisotopic (exact) mass is 530 g/mol. The number of nitrogens with one attached hydrogen (secondary N) is 1. The first kappa shape index (κ1) is 26.7. The minimum absolute atomic E-state index is 0.0571. The normalized spacial score (nSPS) is 16.8. The molecule has 0 aliphatic carbocycles. The third kappa shape index (κ3) is 7.83. The molecule has 2 atom stereocenters. The van der Waals surface area contributed by atoms with Crippen LogP contribution >= 0.6 is 35.0 Å². The van der Waals surface area contributed by atoms with Crippen LogP contribution in [0.15, 0.2) is 36.4 Å². The number of β-amino-alcohol motifs (C(OH)–C–C–N with tert-alkyl or cyclic N) is 1. The van der Waals surface area contributed by atoms with Gasteiger partial charge < -0.3 is 24.6 Å². The summed E-state index contributed by atoms with van der Waals surface area (Å²) in [5.41, 5.74) is 0.255. The maximum absolute atomic E-state index is 12.3. The minimum Gasteiger partial charge on any atom is -0.491 e. The van der Waals surface area contributed by atoms with Crippen molar-refractivity contribution in [1.29, 1.82) is 0 Å². The van der Waals surface area contributed by atoms with E-state index in [1.165, 1.54) is 13.1 Å². The fraction of sp³-hybridized carbons (Fsp3) is 0.435. The van der Waals surface area contributed by atoms with E-state index < -0.39 is 6.10 Å². The summed E-state index contributed by atoms with van der Waals surface area (Å²) in [5, 5.41) is 15.6. The number of hydrogen-bond donors (Lipinski definition) is 2. The number of carbonyl (C=O) groups is 1. The molecular formula is C23H28Cl2N2O6S. The fourth-order valence-electron chi connectivity index (χ4n) is 3.21. The topological polar surface area (TPSA) is 89.5 Å². The summed E-state index contributed by atoms with van der Waals surface area (Å²) >= 11 is 13.8. The van der Waals surface area contributed by atoms with Gasteiger partial charge in [-0.2, -0.15) is 16.8 Å². The summed E-state index contributed by atoms with van der Waals surface area (Å²) in [7, 11) is 1.52. The Bertz CT molecular complexity index is 950. The summed E-state index contributed by atoms with van der Waals surface area (Å²) < 4.78 is 17.4. The maximum Gasteiger partial charge on any atom is 0.254 e. The lowest BCUT2D eigenvalue weighted by Gasteiger charge is -2.20. The van der Waals surface area contributed by atoms with E-state index in [4.69, 9.17) is 42.3 Å². The molecule has 1 saturated heterocycles. The van der Waals surface area contributed by atoms with Gasteiger partial charge in [0.15, 0.2) is 0 Å². The van der Waals surface area contributed by atoms with Crippen LogP contribution in [-0.2, 0) is 4.84 Å². The van der Waals surface area contributed by atoms with Crippen molar-refractivity contribution in [3.63, 3.8) is 0 Å². The van der Waals surface area contributed by atoms with Gasteiger partial charge in [-0.05, 0) is 36.6 Å². The Kier molecular flexibility index (Phi) is 10.4.